The van der Waals surface area contributed by atoms with Crippen LogP contribution in [0.25, 0.3) is 0 Å². The van der Waals surface area contributed by atoms with E-state index >= 15 is 0 Å². The van der Waals surface area contributed by atoms with Crippen LogP contribution < -0.4 is 5.32 Å². The van der Waals surface area contributed by atoms with E-state index < -0.39 is 15.9 Å². The van der Waals surface area contributed by atoms with Crippen molar-refractivity contribution in [1.29, 1.82) is 0 Å². The van der Waals surface area contributed by atoms with Crippen molar-refractivity contribution in [3.05, 3.63) is 24.3 Å². The highest BCUT2D eigenvalue weighted by Crippen LogP contribution is 2.34. The minimum Gasteiger partial charge on any atom is -0.449 e. The molecule has 128 valence electrons. The van der Waals surface area contributed by atoms with Crippen LogP contribution in [0.15, 0.2) is 29.2 Å². The van der Waals surface area contributed by atoms with Gasteiger partial charge in [0.05, 0.1) is 23.5 Å². The summed E-state index contributed by atoms with van der Waals surface area (Å²) in [5.74, 6) is 0.144. The molecule has 0 saturated carbocycles. The summed E-state index contributed by atoms with van der Waals surface area (Å²) in [4.78, 5) is 12.5. The number of rotatable bonds is 6. The number of sulfone groups is 1. The molecule has 1 fully saturated rings. The average Bonchev–Trinajstić information content (AvgIpc) is 2.73. The Morgan fingerprint density at radius 2 is 2.04 bits per heavy atom. The number of hydrogen-bond acceptors (Lipinski definition) is 5. The molecular weight excluding hydrogens is 358 g/mol. The molecule has 1 saturated heterocycles. The van der Waals surface area contributed by atoms with Gasteiger partial charge in [-0.25, -0.2) is 13.2 Å². The topological polar surface area (TPSA) is 72.5 Å². The number of carbonyl (C=O) groups excluding carboxylic acids is 1. The van der Waals surface area contributed by atoms with Crippen LogP contribution in [0.3, 0.4) is 0 Å². The molecule has 0 aromatic heterocycles. The first kappa shape index (κ1) is 18.4. The van der Waals surface area contributed by atoms with Gasteiger partial charge < -0.3 is 4.74 Å². The number of amides is 1. The summed E-state index contributed by atoms with van der Waals surface area (Å²) < 4.78 is 28.2. The van der Waals surface area contributed by atoms with Gasteiger partial charge in [-0.3, -0.25) is 5.32 Å². The van der Waals surface area contributed by atoms with E-state index in [1.54, 1.807) is 12.1 Å². The van der Waals surface area contributed by atoms with E-state index in [-0.39, 0.29) is 22.1 Å². The van der Waals surface area contributed by atoms with Crippen LogP contribution in [-0.2, 0) is 14.6 Å². The molecule has 1 aliphatic heterocycles. The first-order valence-electron chi connectivity index (χ1n) is 7.44. The Bertz CT molecular complexity index is 633. The lowest BCUT2D eigenvalue weighted by molar-refractivity contribution is 0.160. The second-order valence-corrected chi connectivity index (χ2v) is 9.42. The van der Waals surface area contributed by atoms with Crippen molar-refractivity contribution in [2.45, 2.75) is 35.3 Å². The molecule has 0 aliphatic carbocycles. The lowest BCUT2D eigenvalue weighted by Crippen LogP contribution is -2.14. The summed E-state index contributed by atoms with van der Waals surface area (Å²) in [5.41, 5.74) is 0.636. The van der Waals surface area contributed by atoms with Crippen molar-refractivity contribution in [2.24, 2.45) is 0 Å². The summed E-state index contributed by atoms with van der Waals surface area (Å²) >= 11 is 7.55. The first-order valence-corrected chi connectivity index (χ1v) is 10.6. The van der Waals surface area contributed by atoms with Crippen LogP contribution in [0.4, 0.5) is 10.5 Å². The molecule has 23 heavy (non-hydrogen) atoms. The van der Waals surface area contributed by atoms with Gasteiger partial charge in [0, 0.05) is 15.8 Å². The van der Waals surface area contributed by atoms with E-state index in [4.69, 9.17) is 16.3 Å². The van der Waals surface area contributed by atoms with Crippen LogP contribution in [0, 0.1) is 0 Å². The zero-order valence-corrected chi connectivity index (χ0v) is 15.2. The molecule has 0 radical (unpaired) electrons. The van der Waals surface area contributed by atoms with Gasteiger partial charge in [0.1, 0.15) is 0 Å². The van der Waals surface area contributed by atoms with Crippen molar-refractivity contribution in [1.82, 2.24) is 0 Å². The summed E-state index contributed by atoms with van der Waals surface area (Å²) in [5, 5.41) is 2.15. The van der Waals surface area contributed by atoms with Gasteiger partial charge in [-0.15, -0.1) is 23.4 Å². The SMILES string of the molecule is CCCCOC(=O)Nc1ccc(S[C@H]2CS(=O)(=O)C[C@H]2Cl)cc1. The minimum atomic E-state index is -3.03. The standard InChI is InChI=1S/C15H20ClNO4S2/c1-2-3-8-21-15(18)17-11-4-6-12(7-5-11)22-14-10-23(19,20)9-13(14)16/h4-7,13-14H,2-3,8-10H2,1H3,(H,17,18)/t13-,14+/m1/s1. The molecule has 8 heteroatoms. The van der Waals surface area contributed by atoms with E-state index in [1.807, 2.05) is 19.1 Å². The van der Waals surface area contributed by atoms with Gasteiger partial charge in [-0.2, -0.15) is 0 Å². The third-order valence-electron chi connectivity index (χ3n) is 3.35. The molecular formula is C15H20ClNO4S2. The highest BCUT2D eigenvalue weighted by molar-refractivity contribution is 8.02. The van der Waals surface area contributed by atoms with Crippen molar-refractivity contribution in [3.8, 4) is 0 Å². The van der Waals surface area contributed by atoms with Crippen LogP contribution >= 0.6 is 23.4 Å². The number of hydrogen-bond donors (Lipinski definition) is 1. The smallest absolute Gasteiger partial charge is 0.411 e. The largest absolute Gasteiger partial charge is 0.449 e. The lowest BCUT2D eigenvalue weighted by atomic mass is 10.3. The second-order valence-electron chi connectivity index (χ2n) is 5.39. The Kier molecular flexibility index (Phi) is 6.61. The average molecular weight is 378 g/mol. The minimum absolute atomic E-state index is 0.0372. The van der Waals surface area contributed by atoms with E-state index in [2.05, 4.69) is 5.32 Å². The number of benzene rings is 1. The molecule has 1 amide bonds. The Morgan fingerprint density at radius 1 is 1.35 bits per heavy atom. The van der Waals surface area contributed by atoms with E-state index in [1.165, 1.54) is 11.8 Å². The van der Waals surface area contributed by atoms with Crippen LogP contribution in [0.5, 0.6) is 0 Å². The third-order valence-corrected chi connectivity index (χ3v) is 7.43. The monoisotopic (exact) mass is 377 g/mol. The maximum Gasteiger partial charge on any atom is 0.411 e. The molecule has 2 rings (SSSR count). The quantitative estimate of drug-likeness (QED) is 0.606. The zero-order valence-electron chi connectivity index (χ0n) is 12.8. The Morgan fingerprint density at radius 3 is 2.61 bits per heavy atom. The second kappa shape index (κ2) is 8.26. The molecule has 0 unspecified atom stereocenters. The summed E-state index contributed by atoms with van der Waals surface area (Å²) in [6.45, 7) is 2.43. The Labute approximate surface area is 146 Å². The molecule has 1 heterocycles. The number of ether oxygens (including phenoxy) is 1. The van der Waals surface area contributed by atoms with Gasteiger partial charge in [-0.05, 0) is 30.7 Å². The molecule has 1 aliphatic rings. The van der Waals surface area contributed by atoms with Gasteiger partial charge >= 0.3 is 6.09 Å². The maximum atomic E-state index is 11.6. The summed E-state index contributed by atoms with van der Waals surface area (Å²) in [6, 6.07) is 7.19. The Hall–Kier alpha value is -0.920. The summed E-state index contributed by atoms with van der Waals surface area (Å²) in [7, 11) is -3.03. The summed E-state index contributed by atoms with van der Waals surface area (Å²) in [6.07, 6.45) is 1.34. The number of nitrogens with one attached hydrogen (secondary N) is 1. The molecule has 5 nitrogen and oxygen atoms in total. The van der Waals surface area contributed by atoms with Crippen LogP contribution in [-0.4, -0.2) is 43.3 Å². The lowest BCUT2D eigenvalue weighted by Gasteiger charge is -2.12. The van der Waals surface area contributed by atoms with Gasteiger partial charge in [0.25, 0.3) is 0 Å². The fourth-order valence-electron chi connectivity index (χ4n) is 2.14. The van der Waals surface area contributed by atoms with Crippen molar-refractivity contribution in [2.75, 3.05) is 23.4 Å². The number of alkyl halides is 1. The number of unbranched alkanes of at least 4 members (excludes halogenated alkanes) is 1. The van der Waals surface area contributed by atoms with E-state index in [0.29, 0.717) is 12.3 Å². The molecule has 0 bridgehead atoms. The highest BCUT2D eigenvalue weighted by Gasteiger charge is 2.36. The highest BCUT2D eigenvalue weighted by atomic mass is 35.5. The van der Waals surface area contributed by atoms with E-state index in [0.717, 1.165) is 17.7 Å². The van der Waals surface area contributed by atoms with Gasteiger partial charge in [0.15, 0.2) is 9.84 Å². The predicted octanol–water partition coefficient (Wildman–Crippen LogP) is 3.53. The number of carbonyl (C=O) groups is 1. The van der Waals surface area contributed by atoms with E-state index in [9.17, 15) is 13.2 Å². The fraction of sp³-hybridized carbons (Fsp3) is 0.533. The normalized spacial score (nSPS) is 22.7. The number of anilines is 1. The van der Waals surface area contributed by atoms with Crippen molar-refractivity contribution in [3.63, 3.8) is 0 Å². The van der Waals surface area contributed by atoms with Crippen LogP contribution in [0.2, 0.25) is 0 Å². The van der Waals surface area contributed by atoms with Crippen molar-refractivity contribution < 1.29 is 17.9 Å². The molecule has 1 aromatic carbocycles. The Balaban J connectivity index is 1.86. The van der Waals surface area contributed by atoms with Crippen molar-refractivity contribution >= 4 is 45.0 Å². The first-order chi connectivity index (χ1) is 10.9. The third kappa shape index (κ3) is 5.90. The maximum absolute atomic E-state index is 11.6. The zero-order chi connectivity index (χ0) is 16.9. The number of halogens is 1. The van der Waals surface area contributed by atoms with Gasteiger partial charge in [0.2, 0.25) is 0 Å². The number of thioether (sulfide) groups is 1. The van der Waals surface area contributed by atoms with Crippen LogP contribution in [0.1, 0.15) is 19.8 Å². The molecule has 1 aromatic rings. The molecule has 0 spiro atoms. The van der Waals surface area contributed by atoms with Gasteiger partial charge in [-0.1, -0.05) is 13.3 Å². The predicted molar refractivity (Wildman–Crippen MR) is 94.3 cm³/mol. The fourth-order valence-corrected chi connectivity index (χ4v) is 6.55. The molecule has 2 atom stereocenters. The molecule has 1 N–H and O–H groups in total.